The van der Waals surface area contributed by atoms with Gasteiger partial charge in [-0.15, -0.1) is 0 Å². The second-order valence-corrected chi connectivity index (χ2v) is 4.93. The van der Waals surface area contributed by atoms with Gasteiger partial charge in [0.25, 0.3) is 0 Å². The average molecular weight is 166 g/mol. The van der Waals surface area contributed by atoms with Crippen LogP contribution in [0.2, 0.25) is 0 Å². The second kappa shape index (κ2) is 2.24. The predicted molar refractivity (Wildman–Crippen MR) is 49.1 cm³/mol. The first-order valence-corrected chi connectivity index (χ1v) is 5.18. The van der Waals surface area contributed by atoms with Gasteiger partial charge in [0, 0.05) is 25.2 Å². The van der Waals surface area contributed by atoms with E-state index in [0.29, 0.717) is 0 Å². The highest BCUT2D eigenvalue weighted by Gasteiger charge is 2.54. The van der Waals surface area contributed by atoms with Gasteiger partial charge in [-0.1, -0.05) is 0 Å². The summed E-state index contributed by atoms with van der Waals surface area (Å²) in [5.74, 6) is 2.03. The van der Waals surface area contributed by atoms with Crippen molar-refractivity contribution in [1.82, 2.24) is 9.80 Å². The predicted octanol–water partition coefficient (Wildman–Crippen LogP) is 0.641. The maximum atomic E-state index is 2.66. The smallest absolute Gasteiger partial charge is 0.0140 e. The van der Waals surface area contributed by atoms with Crippen molar-refractivity contribution in [2.75, 3.05) is 27.2 Å². The van der Waals surface area contributed by atoms with Crippen LogP contribution in [0.3, 0.4) is 0 Å². The van der Waals surface area contributed by atoms with E-state index < -0.39 is 0 Å². The molecule has 4 atom stereocenters. The summed E-state index contributed by atoms with van der Waals surface area (Å²) in [5, 5.41) is 0. The first-order chi connectivity index (χ1) is 5.77. The Bertz CT molecular complexity index is 184. The second-order valence-electron chi connectivity index (χ2n) is 4.93. The normalized spacial score (nSPS) is 53.5. The van der Waals surface area contributed by atoms with E-state index in [1.165, 1.54) is 25.9 Å². The Labute approximate surface area is 74.5 Å². The number of likely N-dealkylation sites (tertiary alicyclic amines) is 1. The maximum Gasteiger partial charge on any atom is 0.0140 e. The molecule has 0 saturated carbocycles. The zero-order valence-corrected chi connectivity index (χ0v) is 8.03. The number of fused-ring (bicyclic) bond motifs is 5. The van der Waals surface area contributed by atoms with Crippen molar-refractivity contribution in [2.24, 2.45) is 11.8 Å². The molecule has 2 heteroatoms. The topological polar surface area (TPSA) is 6.48 Å². The molecule has 12 heavy (non-hydrogen) atoms. The van der Waals surface area contributed by atoms with E-state index in [0.717, 1.165) is 23.9 Å². The molecule has 3 heterocycles. The van der Waals surface area contributed by atoms with E-state index >= 15 is 0 Å². The van der Waals surface area contributed by atoms with Crippen molar-refractivity contribution in [3.63, 3.8) is 0 Å². The quantitative estimate of drug-likeness (QED) is 0.521. The molecule has 3 saturated heterocycles. The summed E-state index contributed by atoms with van der Waals surface area (Å²) in [4.78, 5) is 5.18. The molecule has 0 N–H and O–H groups in total. The molecular formula is C10H18N2. The van der Waals surface area contributed by atoms with E-state index in [4.69, 9.17) is 0 Å². The van der Waals surface area contributed by atoms with Gasteiger partial charge in [0.15, 0.2) is 0 Å². The van der Waals surface area contributed by atoms with E-state index in [-0.39, 0.29) is 0 Å². The molecule has 0 radical (unpaired) electrons. The van der Waals surface area contributed by atoms with E-state index in [1.54, 1.807) is 0 Å². The monoisotopic (exact) mass is 166 g/mol. The molecule has 0 aromatic carbocycles. The Morgan fingerprint density at radius 3 is 1.92 bits per heavy atom. The summed E-state index contributed by atoms with van der Waals surface area (Å²) in [5.41, 5.74) is 0. The summed E-state index contributed by atoms with van der Waals surface area (Å²) in [7, 11) is 4.61. The van der Waals surface area contributed by atoms with Crippen LogP contribution in [0.15, 0.2) is 0 Å². The summed E-state index contributed by atoms with van der Waals surface area (Å²) >= 11 is 0. The molecule has 0 spiro atoms. The van der Waals surface area contributed by atoms with Crippen LogP contribution in [-0.4, -0.2) is 49.1 Å². The number of hydrogen-bond donors (Lipinski definition) is 0. The Morgan fingerprint density at radius 1 is 0.917 bits per heavy atom. The first-order valence-electron chi connectivity index (χ1n) is 5.18. The molecular weight excluding hydrogens is 148 g/mol. The van der Waals surface area contributed by atoms with E-state index in [1.807, 2.05) is 0 Å². The molecule has 0 aliphatic carbocycles. The molecule has 0 unspecified atom stereocenters. The third-order valence-electron chi connectivity index (χ3n) is 4.39. The van der Waals surface area contributed by atoms with Crippen LogP contribution >= 0.6 is 0 Å². The number of rotatable bonds is 0. The molecule has 3 fully saturated rings. The fourth-order valence-corrected chi connectivity index (χ4v) is 3.91. The van der Waals surface area contributed by atoms with Gasteiger partial charge in [0.2, 0.25) is 0 Å². The lowest BCUT2D eigenvalue weighted by atomic mass is 9.82. The van der Waals surface area contributed by atoms with Crippen LogP contribution in [0.25, 0.3) is 0 Å². The van der Waals surface area contributed by atoms with Crippen LogP contribution in [0.5, 0.6) is 0 Å². The molecule has 0 amide bonds. The largest absolute Gasteiger partial charge is 0.306 e. The molecule has 2 bridgehead atoms. The molecule has 3 rings (SSSR count). The van der Waals surface area contributed by atoms with Gasteiger partial charge in [-0.05, 0) is 38.8 Å². The molecule has 3 aliphatic rings. The summed E-state index contributed by atoms with van der Waals surface area (Å²) in [6.45, 7) is 2.71. The van der Waals surface area contributed by atoms with Crippen LogP contribution < -0.4 is 0 Å². The minimum Gasteiger partial charge on any atom is -0.306 e. The van der Waals surface area contributed by atoms with E-state index in [9.17, 15) is 0 Å². The highest BCUT2D eigenvalue weighted by Crippen LogP contribution is 2.47. The summed E-state index contributed by atoms with van der Waals surface area (Å²) in [6, 6.07) is 1.87. The lowest BCUT2D eigenvalue weighted by Crippen LogP contribution is -2.31. The van der Waals surface area contributed by atoms with Crippen molar-refractivity contribution < 1.29 is 0 Å². The van der Waals surface area contributed by atoms with Crippen LogP contribution in [-0.2, 0) is 0 Å². The van der Waals surface area contributed by atoms with Gasteiger partial charge in [0.05, 0.1) is 0 Å². The fraction of sp³-hybridized carbons (Fsp3) is 1.00. The Kier molecular flexibility index (Phi) is 1.37. The Morgan fingerprint density at radius 2 is 1.42 bits per heavy atom. The lowest BCUT2D eigenvalue weighted by Gasteiger charge is -2.20. The van der Waals surface area contributed by atoms with Crippen molar-refractivity contribution in [3.8, 4) is 0 Å². The van der Waals surface area contributed by atoms with Gasteiger partial charge in [-0.25, -0.2) is 0 Å². The third kappa shape index (κ3) is 0.728. The van der Waals surface area contributed by atoms with Gasteiger partial charge >= 0.3 is 0 Å². The van der Waals surface area contributed by atoms with Crippen LogP contribution in [0.1, 0.15) is 12.8 Å². The van der Waals surface area contributed by atoms with Crippen LogP contribution in [0, 0.1) is 11.8 Å². The highest BCUT2D eigenvalue weighted by molar-refractivity contribution is 5.08. The van der Waals surface area contributed by atoms with Gasteiger partial charge < -0.3 is 4.90 Å². The molecule has 68 valence electrons. The minimum atomic E-state index is 0.935. The van der Waals surface area contributed by atoms with Crippen molar-refractivity contribution in [2.45, 2.75) is 24.9 Å². The Balaban J connectivity index is 1.89. The van der Waals surface area contributed by atoms with Crippen molar-refractivity contribution >= 4 is 0 Å². The molecule has 0 aromatic heterocycles. The lowest BCUT2D eigenvalue weighted by molar-refractivity contribution is 0.247. The summed E-state index contributed by atoms with van der Waals surface area (Å²) < 4.78 is 0. The van der Waals surface area contributed by atoms with Crippen LogP contribution in [0.4, 0.5) is 0 Å². The Hall–Kier alpha value is -0.0800. The summed E-state index contributed by atoms with van der Waals surface area (Å²) in [6.07, 6.45) is 2.94. The third-order valence-corrected chi connectivity index (χ3v) is 4.39. The fourth-order valence-electron chi connectivity index (χ4n) is 3.91. The highest BCUT2D eigenvalue weighted by atomic mass is 15.3. The van der Waals surface area contributed by atoms with Gasteiger partial charge in [-0.2, -0.15) is 0 Å². The van der Waals surface area contributed by atoms with Crippen molar-refractivity contribution in [3.05, 3.63) is 0 Å². The van der Waals surface area contributed by atoms with Gasteiger partial charge in [-0.3, -0.25) is 4.90 Å². The standard InChI is InChI=1S/C10H18N2/c1-11-5-7-8(6-11)10-4-3-9(7)12(10)2/h7-10H,3-6H2,1-2H3/t7-,8+,9-,10+. The molecule has 2 nitrogen and oxygen atoms in total. The van der Waals surface area contributed by atoms with E-state index in [2.05, 4.69) is 23.9 Å². The van der Waals surface area contributed by atoms with Crippen molar-refractivity contribution in [1.29, 1.82) is 0 Å². The maximum absolute atomic E-state index is 2.66. The first kappa shape index (κ1) is 7.34. The number of nitrogens with zero attached hydrogens (tertiary/aromatic N) is 2. The zero-order chi connectivity index (χ0) is 8.29. The zero-order valence-electron chi connectivity index (χ0n) is 8.03. The molecule has 3 aliphatic heterocycles. The van der Waals surface area contributed by atoms with Gasteiger partial charge in [0.1, 0.15) is 0 Å². The minimum absolute atomic E-state index is 0.935. The molecule has 0 aromatic rings. The average Bonchev–Trinajstić information content (AvgIpc) is 2.60. The SMILES string of the molecule is CN1C[C@@H]2[C@H](C1)[C@@H]1CC[C@H]2N1C. The number of hydrogen-bond acceptors (Lipinski definition) is 2.